The number of hydrogen-bond acceptors (Lipinski definition) is 5. The zero-order valence-corrected chi connectivity index (χ0v) is 11.3. The van der Waals surface area contributed by atoms with E-state index < -0.39 is 22.6 Å². The number of carbonyl (C=O) groups is 1. The summed E-state index contributed by atoms with van der Waals surface area (Å²) in [6.07, 6.45) is 0. The van der Waals surface area contributed by atoms with E-state index in [0.29, 0.717) is 8.66 Å². The molecule has 16 heavy (non-hydrogen) atoms. The van der Waals surface area contributed by atoms with Crippen LogP contribution < -0.4 is 4.89 Å². The number of aliphatic carboxylic acids is 1. The third kappa shape index (κ3) is 3.52. The molecule has 90 valence electrons. The summed E-state index contributed by atoms with van der Waals surface area (Å²) < 4.78 is 23.9. The van der Waals surface area contributed by atoms with Gasteiger partial charge in [0, 0.05) is 4.88 Å². The van der Waals surface area contributed by atoms with E-state index in [1.165, 1.54) is 17.4 Å². The Bertz CT molecular complexity index is 495. The van der Waals surface area contributed by atoms with Crippen molar-refractivity contribution >= 4 is 43.3 Å². The topological polar surface area (TPSA) is 92.7 Å². The Morgan fingerprint density at radius 1 is 1.69 bits per heavy atom. The molecule has 9 heteroatoms. The molecular weight excluding hydrogens is 322 g/mol. The van der Waals surface area contributed by atoms with E-state index in [-0.39, 0.29) is 4.90 Å². The highest BCUT2D eigenvalue weighted by Gasteiger charge is 2.19. The quantitative estimate of drug-likeness (QED) is 0.789. The summed E-state index contributed by atoms with van der Waals surface area (Å²) in [4.78, 5) is 16.8. The van der Waals surface area contributed by atoms with Crippen LogP contribution in [0.5, 0.6) is 0 Å². The molecule has 1 aromatic rings. The number of halogens is 1. The van der Waals surface area contributed by atoms with Crippen LogP contribution in [0.2, 0.25) is 0 Å². The van der Waals surface area contributed by atoms with Crippen molar-refractivity contribution in [2.75, 3.05) is 6.61 Å². The third-order valence-corrected chi connectivity index (χ3v) is 4.52. The van der Waals surface area contributed by atoms with E-state index in [0.717, 1.165) is 0 Å². The molecule has 0 fully saturated rings. The van der Waals surface area contributed by atoms with Crippen LogP contribution in [-0.4, -0.2) is 26.1 Å². The number of aryl methyl sites for hydroxylation is 1. The fourth-order valence-corrected chi connectivity index (χ4v) is 4.13. The Morgan fingerprint density at radius 3 is 2.75 bits per heavy atom. The van der Waals surface area contributed by atoms with E-state index in [4.69, 9.17) is 5.11 Å². The van der Waals surface area contributed by atoms with E-state index in [1.54, 1.807) is 11.8 Å². The number of nitrogens with one attached hydrogen (secondary N) is 1. The van der Waals surface area contributed by atoms with Gasteiger partial charge in [-0.25, -0.2) is 13.2 Å². The SMILES string of the molecule is Cc1sc(Br)cc1S(=O)(=O)NOCC(=O)O. The van der Waals surface area contributed by atoms with Crippen LogP contribution in [0.1, 0.15) is 4.88 Å². The monoisotopic (exact) mass is 329 g/mol. The molecule has 6 nitrogen and oxygen atoms in total. The molecule has 1 aromatic heterocycles. The maximum atomic E-state index is 11.6. The van der Waals surface area contributed by atoms with Gasteiger partial charge >= 0.3 is 5.97 Å². The van der Waals surface area contributed by atoms with Crippen molar-refractivity contribution in [3.8, 4) is 0 Å². The zero-order valence-electron chi connectivity index (χ0n) is 8.06. The predicted molar refractivity (Wildman–Crippen MR) is 60.7 cm³/mol. The largest absolute Gasteiger partial charge is 0.479 e. The number of rotatable bonds is 5. The van der Waals surface area contributed by atoms with Crippen LogP contribution in [0.4, 0.5) is 0 Å². The molecule has 1 heterocycles. The molecule has 2 N–H and O–H groups in total. The zero-order chi connectivity index (χ0) is 12.3. The average Bonchev–Trinajstić information content (AvgIpc) is 2.44. The van der Waals surface area contributed by atoms with E-state index in [2.05, 4.69) is 20.8 Å². The summed E-state index contributed by atoms with van der Waals surface area (Å²) >= 11 is 4.42. The van der Waals surface area contributed by atoms with Gasteiger partial charge in [-0.15, -0.1) is 11.3 Å². The van der Waals surface area contributed by atoms with Crippen molar-refractivity contribution in [2.45, 2.75) is 11.8 Å². The number of carboxylic acid groups (broad SMARTS) is 1. The average molecular weight is 330 g/mol. The maximum absolute atomic E-state index is 11.6. The summed E-state index contributed by atoms with van der Waals surface area (Å²) in [6.45, 7) is 0.908. The minimum absolute atomic E-state index is 0.0646. The molecule has 0 unspecified atom stereocenters. The first-order valence-electron chi connectivity index (χ1n) is 3.94. The smallest absolute Gasteiger partial charge is 0.331 e. The molecule has 0 radical (unpaired) electrons. The third-order valence-electron chi connectivity index (χ3n) is 1.50. The van der Waals surface area contributed by atoms with Crippen molar-refractivity contribution < 1.29 is 23.2 Å². The van der Waals surface area contributed by atoms with Gasteiger partial charge in [0.25, 0.3) is 10.0 Å². The molecule has 0 atom stereocenters. The summed E-state index contributed by atoms with van der Waals surface area (Å²) in [5, 5.41) is 8.27. The van der Waals surface area contributed by atoms with Crippen LogP contribution in [0, 0.1) is 6.92 Å². The first-order valence-corrected chi connectivity index (χ1v) is 7.03. The lowest BCUT2D eigenvalue weighted by Gasteiger charge is -2.04. The van der Waals surface area contributed by atoms with Crippen molar-refractivity contribution in [1.29, 1.82) is 0 Å². The first kappa shape index (κ1) is 13.6. The van der Waals surface area contributed by atoms with Gasteiger partial charge in [-0.3, -0.25) is 4.84 Å². The lowest BCUT2D eigenvalue weighted by atomic mass is 10.5. The maximum Gasteiger partial charge on any atom is 0.331 e. The van der Waals surface area contributed by atoms with Crippen molar-refractivity contribution in [3.05, 3.63) is 14.7 Å². The van der Waals surface area contributed by atoms with Crippen molar-refractivity contribution in [3.63, 3.8) is 0 Å². The Hall–Kier alpha value is -0.480. The molecule has 0 aliphatic carbocycles. The second kappa shape index (κ2) is 5.23. The summed E-state index contributed by atoms with van der Waals surface area (Å²) in [6, 6.07) is 1.42. The Kier molecular flexibility index (Phi) is 4.44. The molecular formula is C7H8BrNO5S2. The van der Waals surface area contributed by atoms with Gasteiger partial charge in [-0.2, -0.15) is 0 Å². The predicted octanol–water partition coefficient (Wildman–Crippen LogP) is 1.11. The number of hydrogen-bond donors (Lipinski definition) is 2. The number of sulfonamides is 1. The van der Waals surface area contributed by atoms with Crippen LogP contribution in [-0.2, 0) is 19.7 Å². The molecule has 0 bridgehead atoms. The van der Waals surface area contributed by atoms with Crippen molar-refractivity contribution in [2.24, 2.45) is 0 Å². The van der Waals surface area contributed by atoms with Crippen LogP contribution in [0.3, 0.4) is 0 Å². The second-order valence-electron chi connectivity index (χ2n) is 2.74. The molecule has 0 amide bonds. The van der Waals surface area contributed by atoms with Gasteiger partial charge in [-0.1, -0.05) is 4.89 Å². The fraction of sp³-hybridized carbons (Fsp3) is 0.286. The lowest BCUT2D eigenvalue weighted by molar-refractivity contribution is -0.143. The minimum Gasteiger partial charge on any atom is -0.479 e. The van der Waals surface area contributed by atoms with E-state index in [9.17, 15) is 13.2 Å². The molecule has 0 saturated heterocycles. The molecule has 0 aromatic carbocycles. The van der Waals surface area contributed by atoms with E-state index >= 15 is 0 Å². The molecule has 1 rings (SSSR count). The van der Waals surface area contributed by atoms with Gasteiger partial charge in [0.15, 0.2) is 6.61 Å². The summed E-state index contributed by atoms with van der Waals surface area (Å²) in [5.74, 6) is -1.26. The lowest BCUT2D eigenvalue weighted by Crippen LogP contribution is -2.26. The highest BCUT2D eigenvalue weighted by molar-refractivity contribution is 9.11. The molecule has 0 spiro atoms. The minimum atomic E-state index is -3.82. The van der Waals surface area contributed by atoms with Gasteiger partial charge in [0.2, 0.25) is 0 Å². The van der Waals surface area contributed by atoms with Crippen LogP contribution in [0.25, 0.3) is 0 Å². The van der Waals surface area contributed by atoms with Gasteiger partial charge in [0.05, 0.1) is 8.68 Å². The van der Waals surface area contributed by atoms with Crippen LogP contribution >= 0.6 is 27.3 Å². The fourth-order valence-electron chi connectivity index (χ4n) is 0.911. The highest BCUT2D eigenvalue weighted by Crippen LogP contribution is 2.29. The summed E-state index contributed by atoms with van der Waals surface area (Å²) in [5.41, 5.74) is 0. The first-order chi connectivity index (χ1) is 7.33. The van der Waals surface area contributed by atoms with E-state index in [1.807, 2.05) is 0 Å². The highest BCUT2D eigenvalue weighted by atomic mass is 79.9. The van der Waals surface area contributed by atoms with Crippen molar-refractivity contribution in [1.82, 2.24) is 4.89 Å². The standard InChI is InChI=1S/C7H8BrNO5S2/c1-4-5(2-6(8)15-4)16(12,13)9-14-3-7(10)11/h2,9H,3H2,1H3,(H,10,11). The van der Waals surface area contributed by atoms with Gasteiger partial charge in [-0.05, 0) is 28.9 Å². The molecule has 0 aliphatic heterocycles. The molecule has 0 saturated carbocycles. The van der Waals surface area contributed by atoms with Gasteiger partial charge in [0.1, 0.15) is 0 Å². The Balaban J connectivity index is 2.78. The molecule has 0 aliphatic rings. The Labute approximate surface area is 104 Å². The normalized spacial score (nSPS) is 11.6. The number of thiophene rings is 1. The Morgan fingerprint density at radius 2 is 2.31 bits per heavy atom. The second-order valence-corrected chi connectivity index (χ2v) is 6.99. The van der Waals surface area contributed by atoms with Crippen LogP contribution in [0.15, 0.2) is 14.7 Å². The number of carboxylic acids is 1. The van der Waals surface area contributed by atoms with Gasteiger partial charge < -0.3 is 5.11 Å². The summed E-state index contributed by atoms with van der Waals surface area (Å²) in [7, 11) is -3.82.